The molecule has 0 fully saturated rings. The zero-order valence-electron chi connectivity index (χ0n) is 12.7. The van der Waals surface area contributed by atoms with Gasteiger partial charge in [0, 0.05) is 31.3 Å². The van der Waals surface area contributed by atoms with Crippen LogP contribution in [0.3, 0.4) is 0 Å². The molecule has 0 saturated heterocycles. The lowest BCUT2D eigenvalue weighted by molar-refractivity contribution is 0.205. The lowest BCUT2D eigenvalue weighted by Gasteiger charge is -2.22. The molecule has 0 spiro atoms. The summed E-state index contributed by atoms with van der Waals surface area (Å²) in [5.41, 5.74) is 2.36. The van der Waals surface area contributed by atoms with Gasteiger partial charge in [-0.1, -0.05) is 23.2 Å². The molecule has 0 aliphatic heterocycles. The quantitative estimate of drug-likeness (QED) is 0.505. The number of hydrogen-bond acceptors (Lipinski definition) is 6. The van der Waals surface area contributed by atoms with Gasteiger partial charge in [-0.05, 0) is 30.3 Å². The molecule has 3 aromatic rings. The highest BCUT2D eigenvalue weighted by Crippen LogP contribution is 2.26. The van der Waals surface area contributed by atoms with Crippen LogP contribution in [0.1, 0.15) is 0 Å². The average Bonchev–Trinajstić information content (AvgIpc) is 2.60. The van der Waals surface area contributed by atoms with Crippen molar-refractivity contribution in [1.82, 2.24) is 19.9 Å². The van der Waals surface area contributed by atoms with E-state index in [0.717, 1.165) is 16.9 Å². The summed E-state index contributed by atoms with van der Waals surface area (Å²) in [6.45, 7) is 0.265. The number of hydrogen-bond donors (Lipinski definition) is 0. The number of pyridine rings is 2. The van der Waals surface area contributed by atoms with Crippen LogP contribution in [0.4, 0.5) is 11.6 Å². The lowest BCUT2D eigenvalue weighted by Crippen LogP contribution is -2.22. The molecule has 0 bridgehead atoms. The van der Waals surface area contributed by atoms with E-state index < -0.39 is 0 Å². The molecule has 0 saturated carbocycles. The first kappa shape index (κ1) is 16.6. The molecule has 0 atom stereocenters. The minimum absolute atomic E-state index is 0.265. The van der Waals surface area contributed by atoms with Crippen molar-refractivity contribution >= 4 is 34.8 Å². The third-order valence-electron chi connectivity index (χ3n) is 3.19. The molecule has 0 aromatic carbocycles. The van der Waals surface area contributed by atoms with E-state index in [1.165, 1.54) is 0 Å². The van der Waals surface area contributed by atoms with E-state index in [2.05, 4.69) is 19.9 Å². The van der Waals surface area contributed by atoms with Crippen LogP contribution < -0.4 is 4.90 Å². The van der Waals surface area contributed by atoms with Crippen molar-refractivity contribution in [1.29, 1.82) is 0 Å². The molecule has 0 radical (unpaired) electrons. The van der Waals surface area contributed by atoms with E-state index in [0.29, 0.717) is 16.3 Å². The average molecular weight is 362 g/mol. The maximum absolute atomic E-state index is 5.98. The summed E-state index contributed by atoms with van der Waals surface area (Å²) in [7, 11) is 1.60. The van der Waals surface area contributed by atoms with Crippen LogP contribution >= 0.6 is 23.2 Å². The molecule has 0 amide bonds. The van der Waals surface area contributed by atoms with Crippen molar-refractivity contribution in [2.75, 3.05) is 18.7 Å². The van der Waals surface area contributed by atoms with Crippen molar-refractivity contribution in [3.63, 3.8) is 0 Å². The SMILES string of the molecule is COCN(c1ccnc(Cl)c1)c1nccc(-c2ccnc(Cl)c2)n1. The van der Waals surface area contributed by atoms with Crippen molar-refractivity contribution < 1.29 is 4.74 Å². The van der Waals surface area contributed by atoms with Crippen molar-refractivity contribution in [2.24, 2.45) is 0 Å². The molecule has 0 N–H and O–H groups in total. The fourth-order valence-electron chi connectivity index (χ4n) is 2.14. The molecular formula is C16H13Cl2N5O. The second-order valence-corrected chi connectivity index (χ2v) is 5.57. The Morgan fingerprint density at radius 3 is 2.38 bits per heavy atom. The van der Waals surface area contributed by atoms with Gasteiger partial charge < -0.3 is 4.74 Å². The molecule has 3 rings (SSSR count). The Morgan fingerprint density at radius 1 is 0.958 bits per heavy atom. The first-order chi connectivity index (χ1) is 11.7. The second kappa shape index (κ2) is 7.53. The Hall–Kier alpha value is -2.28. The van der Waals surface area contributed by atoms with Crippen LogP contribution in [0.2, 0.25) is 10.3 Å². The zero-order valence-corrected chi connectivity index (χ0v) is 14.2. The molecule has 0 aliphatic carbocycles. The molecule has 24 heavy (non-hydrogen) atoms. The number of methoxy groups -OCH3 is 1. The van der Waals surface area contributed by atoms with Crippen molar-refractivity contribution in [3.05, 3.63) is 59.2 Å². The first-order valence-electron chi connectivity index (χ1n) is 7.00. The molecule has 8 heteroatoms. The number of anilines is 2. The van der Waals surface area contributed by atoms with Crippen LogP contribution in [0.25, 0.3) is 11.3 Å². The molecule has 0 aliphatic rings. The van der Waals surface area contributed by atoms with E-state index >= 15 is 0 Å². The summed E-state index contributed by atoms with van der Waals surface area (Å²) in [4.78, 5) is 18.7. The molecule has 3 heterocycles. The lowest BCUT2D eigenvalue weighted by atomic mass is 10.2. The third kappa shape index (κ3) is 3.79. The highest BCUT2D eigenvalue weighted by molar-refractivity contribution is 6.29. The summed E-state index contributed by atoms with van der Waals surface area (Å²) < 4.78 is 5.27. The number of nitrogens with zero attached hydrogens (tertiary/aromatic N) is 5. The van der Waals surface area contributed by atoms with Crippen molar-refractivity contribution in [2.45, 2.75) is 0 Å². The van der Waals surface area contributed by atoms with Crippen LogP contribution in [0.5, 0.6) is 0 Å². The maximum Gasteiger partial charge on any atom is 0.232 e. The molecule has 122 valence electrons. The van der Waals surface area contributed by atoms with Gasteiger partial charge in [0.15, 0.2) is 0 Å². The van der Waals surface area contributed by atoms with Crippen molar-refractivity contribution in [3.8, 4) is 11.3 Å². The molecule has 0 unspecified atom stereocenters. The van der Waals surface area contributed by atoms with E-state index in [1.807, 2.05) is 12.1 Å². The minimum Gasteiger partial charge on any atom is -0.364 e. The molecular weight excluding hydrogens is 349 g/mol. The van der Waals surface area contributed by atoms with Gasteiger partial charge in [-0.25, -0.2) is 19.9 Å². The predicted octanol–water partition coefficient (Wildman–Crippen LogP) is 3.98. The fraction of sp³-hybridized carbons (Fsp3) is 0.125. The first-order valence-corrected chi connectivity index (χ1v) is 7.76. The topological polar surface area (TPSA) is 64.0 Å². The summed E-state index contributed by atoms with van der Waals surface area (Å²) in [5, 5.41) is 0.785. The Balaban J connectivity index is 2.01. The van der Waals surface area contributed by atoms with Crippen LogP contribution in [-0.2, 0) is 4.74 Å². The predicted molar refractivity (Wildman–Crippen MR) is 93.5 cm³/mol. The van der Waals surface area contributed by atoms with Gasteiger partial charge in [0.05, 0.1) is 11.4 Å². The third-order valence-corrected chi connectivity index (χ3v) is 3.60. The summed E-state index contributed by atoms with van der Waals surface area (Å²) in [6, 6.07) is 8.92. The zero-order chi connectivity index (χ0) is 16.9. The van der Waals surface area contributed by atoms with Gasteiger partial charge in [-0.2, -0.15) is 0 Å². The van der Waals surface area contributed by atoms with E-state index in [1.54, 1.807) is 48.8 Å². The summed E-state index contributed by atoms with van der Waals surface area (Å²) in [5.74, 6) is 0.476. The Bertz CT molecular complexity index is 846. The van der Waals surface area contributed by atoms with Gasteiger partial charge in [0.2, 0.25) is 5.95 Å². The Morgan fingerprint density at radius 2 is 1.67 bits per heavy atom. The number of halogens is 2. The van der Waals surface area contributed by atoms with E-state index in [-0.39, 0.29) is 6.73 Å². The van der Waals surface area contributed by atoms with Gasteiger partial charge in [0.25, 0.3) is 0 Å². The monoisotopic (exact) mass is 361 g/mol. The molecule has 3 aromatic heterocycles. The van der Waals surface area contributed by atoms with Gasteiger partial charge >= 0.3 is 0 Å². The van der Waals surface area contributed by atoms with Crippen LogP contribution in [0, 0.1) is 0 Å². The maximum atomic E-state index is 5.98. The Labute approximate surface area is 149 Å². The smallest absolute Gasteiger partial charge is 0.232 e. The van der Waals surface area contributed by atoms with Gasteiger partial charge in [0.1, 0.15) is 17.0 Å². The van der Waals surface area contributed by atoms with E-state index in [9.17, 15) is 0 Å². The number of ether oxygens (including phenoxy) is 1. The number of aromatic nitrogens is 4. The van der Waals surface area contributed by atoms with E-state index in [4.69, 9.17) is 27.9 Å². The minimum atomic E-state index is 0.265. The number of rotatable bonds is 5. The normalized spacial score (nSPS) is 10.6. The van der Waals surface area contributed by atoms with Gasteiger partial charge in [-0.15, -0.1) is 0 Å². The summed E-state index contributed by atoms with van der Waals surface area (Å²) in [6.07, 6.45) is 4.93. The fourth-order valence-corrected chi connectivity index (χ4v) is 2.48. The van der Waals surface area contributed by atoms with Gasteiger partial charge in [-0.3, -0.25) is 4.90 Å². The second-order valence-electron chi connectivity index (χ2n) is 4.79. The van der Waals surface area contributed by atoms with Crippen LogP contribution in [-0.4, -0.2) is 33.8 Å². The highest BCUT2D eigenvalue weighted by Gasteiger charge is 2.14. The summed E-state index contributed by atoms with van der Waals surface area (Å²) >= 11 is 11.9. The highest BCUT2D eigenvalue weighted by atomic mass is 35.5. The Kier molecular flexibility index (Phi) is 5.20. The molecule has 6 nitrogen and oxygen atoms in total. The van der Waals surface area contributed by atoms with Crippen LogP contribution in [0.15, 0.2) is 48.9 Å². The largest absolute Gasteiger partial charge is 0.364 e. The standard InChI is InChI=1S/C16H13Cl2N5O/c1-24-10-23(12-3-6-20-15(18)9-12)16-21-7-4-13(22-16)11-2-5-19-14(17)8-11/h2-9H,10H2,1H3.